The lowest BCUT2D eigenvalue weighted by molar-refractivity contribution is -0.141. The van der Waals surface area contributed by atoms with Gasteiger partial charge in [-0.2, -0.15) is 18.3 Å². The number of nitrogens with one attached hydrogen (secondary N) is 1. The molecule has 0 saturated carbocycles. The molecule has 0 radical (unpaired) electrons. The number of methoxy groups -OCH3 is 1. The van der Waals surface area contributed by atoms with Crippen LogP contribution in [0.5, 0.6) is 0 Å². The van der Waals surface area contributed by atoms with Gasteiger partial charge in [-0.15, -0.1) is 0 Å². The number of hydrogen-bond donors (Lipinski definition) is 1. The molecule has 210 valence electrons. The van der Waals surface area contributed by atoms with E-state index in [4.69, 9.17) is 11.6 Å². The van der Waals surface area contributed by atoms with Crippen LogP contribution in [0, 0.1) is 5.82 Å². The third kappa shape index (κ3) is 8.12. The Hall–Kier alpha value is -4.25. The Kier molecular flexibility index (Phi) is 10.0. The maximum atomic E-state index is 13.6. The smallest absolute Gasteiger partial charge is 0.435 e. The van der Waals surface area contributed by atoms with Crippen LogP contribution in [0.25, 0.3) is 17.5 Å². The second-order valence-electron chi connectivity index (χ2n) is 8.54. The van der Waals surface area contributed by atoms with Crippen LogP contribution in [0.3, 0.4) is 0 Å². The van der Waals surface area contributed by atoms with E-state index in [1.165, 1.54) is 49.9 Å². The monoisotopic (exact) mass is 575 g/mol. The molecule has 3 aromatic rings. The first-order chi connectivity index (χ1) is 18.9. The summed E-state index contributed by atoms with van der Waals surface area (Å²) in [6, 6.07) is 6.53. The molecule has 0 saturated heterocycles. The number of halogens is 5. The van der Waals surface area contributed by atoms with Crippen LogP contribution in [-0.4, -0.2) is 33.7 Å². The van der Waals surface area contributed by atoms with E-state index >= 15 is 0 Å². The summed E-state index contributed by atoms with van der Waals surface area (Å²) in [7, 11) is 1.25. The van der Waals surface area contributed by atoms with E-state index in [-0.39, 0.29) is 16.7 Å². The second kappa shape index (κ2) is 13.2. The first-order valence-electron chi connectivity index (χ1n) is 11.9. The summed E-state index contributed by atoms with van der Waals surface area (Å²) in [5, 5.41) is 6.61. The number of hydrogen-bond acceptors (Lipinski definition) is 5. The number of esters is 1. The molecule has 0 bridgehead atoms. The zero-order chi connectivity index (χ0) is 29.4. The van der Waals surface area contributed by atoms with Gasteiger partial charge in [0.1, 0.15) is 11.7 Å². The number of carbonyl (C=O) groups excluding carboxylic acids is 1. The fourth-order valence-electron chi connectivity index (χ4n) is 3.35. The molecule has 0 aliphatic heterocycles. The van der Waals surface area contributed by atoms with Crippen molar-refractivity contribution in [1.82, 2.24) is 14.8 Å². The SMILES string of the molecule is CCC(C)=CC(=C(N=C(C)Nc1ccc(F)c(Cl)c1)n1ccc(C(F)(F)F)n1)c1cncc(/C=C/C(=O)OC)c1. The molecule has 12 heteroatoms. The summed E-state index contributed by atoms with van der Waals surface area (Å²) in [5.41, 5.74) is 1.67. The fourth-order valence-corrected chi connectivity index (χ4v) is 3.53. The van der Waals surface area contributed by atoms with Crippen LogP contribution in [0.2, 0.25) is 5.02 Å². The highest BCUT2D eigenvalue weighted by molar-refractivity contribution is 6.31. The minimum atomic E-state index is -4.67. The van der Waals surface area contributed by atoms with Crippen molar-refractivity contribution >= 4 is 46.6 Å². The normalized spacial score (nSPS) is 13.4. The molecule has 40 heavy (non-hydrogen) atoms. The van der Waals surface area contributed by atoms with Crippen LogP contribution in [0.4, 0.5) is 23.2 Å². The number of aliphatic imine (C=N–C) groups is 1. The van der Waals surface area contributed by atoms with Gasteiger partial charge in [0.25, 0.3) is 0 Å². The van der Waals surface area contributed by atoms with Gasteiger partial charge in [-0.05, 0) is 62.2 Å². The second-order valence-corrected chi connectivity index (χ2v) is 8.95. The number of amidine groups is 1. The van der Waals surface area contributed by atoms with Gasteiger partial charge in [-0.3, -0.25) is 4.98 Å². The lowest BCUT2D eigenvalue weighted by Crippen LogP contribution is -2.12. The molecule has 2 heterocycles. The van der Waals surface area contributed by atoms with Gasteiger partial charge in [0.05, 0.1) is 12.1 Å². The third-order valence-corrected chi connectivity index (χ3v) is 5.78. The highest BCUT2D eigenvalue weighted by Crippen LogP contribution is 2.31. The maximum absolute atomic E-state index is 13.6. The van der Waals surface area contributed by atoms with E-state index in [1.807, 2.05) is 13.8 Å². The van der Waals surface area contributed by atoms with Crippen molar-refractivity contribution in [2.45, 2.75) is 33.4 Å². The van der Waals surface area contributed by atoms with E-state index in [9.17, 15) is 22.4 Å². The Labute approximate surface area is 233 Å². The van der Waals surface area contributed by atoms with Crippen molar-refractivity contribution in [2.24, 2.45) is 4.99 Å². The van der Waals surface area contributed by atoms with Crippen molar-refractivity contribution in [2.75, 3.05) is 12.4 Å². The zero-order valence-corrected chi connectivity index (χ0v) is 22.8. The third-order valence-electron chi connectivity index (χ3n) is 5.49. The molecule has 0 spiro atoms. The number of rotatable bonds is 8. The largest absolute Gasteiger partial charge is 0.466 e. The molecule has 0 fully saturated rings. The van der Waals surface area contributed by atoms with E-state index in [1.54, 1.807) is 19.1 Å². The van der Waals surface area contributed by atoms with Gasteiger partial charge in [0.15, 0.2) is 11.5 Å². The summed E-state index contributed by atoms with van der Waals surface area (Å²) in [5.74, 6) is -0.851. The number of nitrogens with zero attached hydrogens (tertiary/aromatic N) is 4. The Bertz CT molecular complexity index is 1510. The Morgan fingerprint density at radius 2 is 1.95 bits per heavy atom. The quantitative estimate of drug-likeness (QED) is 0.0751. The van der Waals surface area contributed by atoms with E-state index in [0.29, 0.717) is 28.8 Å². The van der Waals surface area contributed by atoms with E-state index in [2.05, 4.69) is 25.1 Å². The lowest BCUT2D eigenvalue weighted by atomic mass is 10.0. The highest BCUT2D eigenvalue weighted by Gasteiger charge is 2.34. The first-order valence-corrected chi connectivity index (χ1v) is 12.3. The molecular weight excluding hydrogens is 550 g/mol. The van der Waals surface area contributed by atoms with Gasteiger partial charge in [0, 0.05) is 41.5 Å². The van der Waals surface area contributed by atoms with Crippen molar-refractivity contribution < 1.29 is 27.1 Å². The molecule has 0 unspecified atom stereocenters. The predicted octanol–water partition coefficient (Wildman–Crippen LogP) is 7.49. The number of allylic oxidation sites excluding steroid dienone is 3. The van der Waals surface area contributed by atoms with Crippen molar-refractivity contribution in [3.63, 3.8) is 0 Å². The predicted molar refractivity (Wildman–Crippen MR) is 148 cm³/mol. The first kappa shape index (κ1) is 30.3. The van der Waals surface area contributed by atoms with Crippen molar-refractivity contribution in [3.8, 4) is 0 Å². The number of carbonyl (C=O) groups is 1. The minimum Gasteiger partial charge on any atom is -0.466 e. The lowest BCUT2D eigenvalue weighted by Gasteiger charge is -2.14. The van der Waals surface area contributed by atoms with Crippen LogP contribution >= 0.6 is 11.6 Å². The van der Waals surface area contributed by atoms with Crippen molar-refractivity contribution in [1.29, 1.82) is 0 Å². The standard InChI is InChI=1S/C28H26ClF4N5O2/c1-5-17(2)12-22(20-13-19(15-34-16-20)6-9-26(39)40-4)27(38-11-10-25(37-38)28(31,32)33)36-18(3)35-21-7-8-24(30)23(29)14-21/h6-16H,5H2,1-4H3,(H,35,36)/b9-6+,17-12?,27-22?. The van der Waals surface area contributed by atoms with Crippen molar-refractivity contribution in [3.05, 3.63) is 94.3 Å². The van der Waals surface area contributed by atoms with Gasteiger partial charge in [-0.1, -0.05) is 30.2 Å². The fraction of sp³-hybridized carbons (Fsp3) is 0.214. The summed E-state index contributed by atoms with van der Waals surface area (Å²) in [6.45, 7) is 5.39. The van der Waals surface area contributed by atoms with Gasteiger partial charge in [-0.25, -0.2) is 18.9 Å². The molecule has 0 atom stereocenters. The van der Waals surface area contributed by atoms with E-state index < -0.39 is 23.7 Å². The average molecular weight is 576 g/mol. The van der Waals surface area contributed by atoms with Crippen LogP contribution in [0.1, 0.15) is 44.0 Å². The Morgan fingerprint density at radius 1 is 1.20 bits per heavy atom. The zero-order valence-electron chi connectivity index (χ0n) is 22.1. The molecule has 2 aromatic heterocycles. The highest BCUT2D eigenvalue weighted by atomic mass is 35.5. The molecule has 0 aliphatic carbocycles. The number of alkyl halides is 3. The molecule has 3 rings (SSSR count). The molecule has 0 amide bonds. The number of aromatic nitrogens is 3. The van der Waals surface area contributed by atoms with E-state index in [0.717, 1.165) is 22.5 Å². The maximum Gasteiger partial charge on any atom is 0.435 e. The van der Waals surface area contributed by atoms with Crippen LogP contribution in [0.15, 0.2) is 71.6 Å². The summed E-state index contributed by atoms with van der Waals surface area (Å²) in [4.78, 5) is 20.4. The average Bonchev–Trinajstić information content (AvgIpc) is 3.42. The molecule has 1 N–H and O–H groups in total. The molecular formula is C28H26ClF4N5O2. The molecule has 1 aromatic carbocycles. The number of benzene rings is 1. The summed E-state index contributed by atoms with van der Waals surface area (Å²) >= 11 is 5.88. The number of anilines is 1. The topological polar surface area (TPSA) is 81.4 Å². The van der Waals surface area contributed by atoms with Gasteiger partial charge < -0.3 is 10.1 Å². The summed E-state index contributed by atoms with van der Waals surface area (Å²) < 4.78 is 59.6. The molecule has 7 nitrogen and oxygen atoms in total. The Morgan fingerprint density at radius 3 is 2.58 bits per heavy atom. The Balaban J connectivity index is 2.26. The number of ether oxygens (including phenoxy) is 1. The number of pyridine rings is 1. The van der Waals surface area contributed by atoms with Crippen LogP contribution < -0.4 is 5.32 Å². The summed E-state index contributed by atoms with van der Waals surface area (Å²) in [6.07, 6.45) is 4.67. The molecule has 0 aliphatic rings. The van der Waals surface area contributed by atoms with Gasteiger partial charge in [0.2, 0.25) is 0 Å². The van der Waals surface area contributed by atoms with Gasteiger partial charge >= 0.3 is 12.1 Å². The minimum absolute atomic E-state index is 0.0532. The van der Waals surface area contributed by atoms with Crippen LogP contribution in [-0.2, 0) is 15.7 Å².